The molecule has 0 spiro atoms. The molecule has 0 bridgehead atoms. The third-order valence-corrected chi connectivity index (χ3v) is 2.81. The van der Waals surface area contributed by atoms with Crippen LogP contribution in [0.15, 0.2) is 12.1 Å². The number of carboxylic acids is 1. The van der Waals surface area contributed by atoms with Crippen molar-refractivity contribution in [1.82, 2.24) is 0 Å². The summed E-state index contributed by atoms with van der Waals surface area (Å²) >= 11 is 0. The van der Waals surface area contributed by atoms with Gasteiger partial charge in [-0.15, -0.1) is 0 Å². The molecule has 0 aromatic heterocycles. The Morgan fingerprint density at radius 1 is 1.47 bits per heavy atom. The minimum atomic E-state index is -0.957. The Labute approximate surface area is 111 Å². The molecule has 0 fully saturated rings. The molecular weight excluding hydrogens is 253 g/mol. The molecule has 1 unspecified atom stereocenters. The standard InChI is InChI=1S/C13H18FNO4/c1-18-7-9-11(19-2)5-3-8(13(9)14)10(15)4-6-12(16)17/h3,5,10H,4,6-7,15H2,1-2H3,(H,16,17). The first-order chi connectivity index (χ1) is 9.01. The Balaban J connectivity index is 3.01. The first-order valence-electron chi connectivity index (χ1n) is 5.82. The molecule has 0 saturated carbocycles. The Morgan fingerprint density at radius 2 is 2.16 bits per heavy atom. The van der Waals surface area contributed by atoms with E-state index < -0.39 is 17.8 Å². The van der Waals surface area contributed by atoms with Gasteiger partial charge in [0.1, 0.15) is 11.6 Å². The van der Waals surface area contributed by atoms with Gasteiger partial charge >= 0.3 is 5.97 Å². The summed E-state index contributed by atoms with van der Waals surface area (Å²) in [7, 11) is 2.90. The van der Waals surface area contributed by atoms with E-state index in [2.05, 4.69) is 0 Å². The fourth-order valence-corrected chi connectivity index (χ4v) is 1.81. The summed E-state index contributed by atoms with van der Waals surface area (Å²) in [6.07, 6.45) is 0.0667. The lowest BCUT2D eigenvalue weighted by Gasteiger charge is -2.16. The van der Waals surface area contributed by atoms with Gasteiger partial charge < -0.3 is 20.3 Å². The Bertz CT molecular complexity index is 451. The largest absolute Gasteiger partial charge is 0.496 e. The predicted molar refractivity (Wildman–Crippen MR) is 67.5 cm³/mol. The number of hydrogen-bond donors (Lipinski definition) is 2. The number of benzene rings is 1. The van der Waals surface area contributed by atoms with Gasteiger partial charge in [-0.05, 0) is 12.5 Å². The highest BCUT2D eigenvalue weighted by atomic mass is 19.1. The number of carboxylic acid groups (broad SMARTS) is 1. The van der Waals surface area contributed by atoms with Crippen LogP contribution in [0.1, 0.15) is 30.0 Å². The number of carbonyl (C=O) groups is 1. The second-order valence-electron chi connectivity index (χ2n) is 4.12. The van der Waals surface area contributed by atoms with Gasteiger partial charge in [-0.2, -0.15) is 0 Å². The summed E-state index contributed by atoms with van der Waals surface area (Å²) < 4.78 is 24.3. The minimum Gasteiger partial charge on any atom is -0.496 e. The van der Waals surface area contributed by atoms with Gasteiger partial charge in [-0.3, -0.25) is 4.79 Å². The zero-order valence-electron chi connectivity index (χ0n) is 11.0. The smallest absolute Gasteiger partial charge is 0.303 e. The fourth-order valence-electron chi connectivity index (χ4n) is 1.81. The van der Waals surface area contributed by atoms with Gasteiger partial charge in [0, 0.05) is 25.1 Å². The molecule has 0 heterocycles. The van der Waals surface area contributed by atoms with Crippen molar-refractivity contribution in [3.05, 3.63) is 29.1 Å². The summed E-state index contributed by atoms with van der Waals surface area (Å²) in [5.74, 6) is -1.07. The van der Waals surface area contributed by atoms with Gasteiger partial charge in [0.05, 0.1) is 19.3 Å². The number of ether oxygens (including phenoxy) is 2. The molecule has 5 nitrogen and oxygen atoms in total. The molecule has 1 aromatic rings. The van der Waals surface area contributed by atoms with E-state index in [-0.39, 0.29) is 30.6 Å². The van der Waals surface area contributed by atoms with Crippen molar-refractivity contribution in [2.45, 2.75) is 25.5 Å². The Kier molecular flexibility index (Phi) is 5.72. The summed E-state index contributed by atoms with van der Waals surface area (Å²) in [5.41, 5.74) is 6.37. The van der Waals surface area contributed by atoms with Crippen molar-refractivity contribution in [1.29, 1.82) is 0 Å². The van der Waals surface area contributed by atoms with Crippen molar-refractivity contribution in [3.63, 3.8) is 0 Å². The maximum absolute atomic E-state index is 14.3. The maximum Gasteiger partial charge on any atom is 0.303 e. The van der Waals surface area contributed by atoms with Crippen LogP contribution in [0, 0.1) is 5.82 Å². The SMILES string of the molecule is COCc1c(OC)ccc(C(N)CCC(=O)O)c1F. The summed E-state index contributed by atoms with van der Waals surface area (Å²) in [5, 5.41) is 8.61. The molecule has 1 atom stereocenters. The number of rotatable bonds is 7. The molecular formula is C13H18FNO4. The molecule has 19 heavy (non-hydrogen) atoms. The van der Waals surface area contributed by atoms with Crippen molar-refractivity contribution >= 4 is 5.97 Å². The molecule has 0 saturated heterocycles. The Morgan fingerprint density at radius 3 is 2.68 bits per heavy atom. The summed E-state index contributed by atoms with van der Waals surface area (Å²) in [6.45, 7) is 0.0640. The van der Waals surface area contributed by atoms with Gasteiger partial charge in [-0.1, -0.05) is 6.07 Å². The lowest BCUT2D eigenvalue weighted by molar-refractivity contribution is -0.137. The topological polar surface area (TPSA) is 81.8 Å². The lowest BCUT2D eigenvalue weighted by Crippen LogP contribution is -2.15. The molecule has 0 aliphatic carbocycles. The lowest BCUT2D eigenvalue weighted by atomic mass is 9.99. The molecule has 3 N–H and O–H groups in total. The molecule has 0 amide bonds. The predicted octanol–water partition coefficient (Wildman–Crippen LogP) is 1.85. The van der Waals surface area contributed by atoms with Crippen LogP contribution >= 0.6 is 0 Å². The first-order valence-corrected chi connectivity index (χ1v) is 5.82. The number of nitrogens with two attached hydrogens (primary N) is 1. The fraction of sp³-hybridized carbons (Fsp3) is 0.462. The van der Waals surface area contributed by atoms with Crippen LogP contribution in [0.25, 0.3) is 0 Å². The van der Waals surface area contributed by atoms with E-state index in [0.29, 0.717) is 5.75 Å². The van der Waals surface area contributed by atoms with E-state index in [1.807, 2.05) is 0 Å². The maximum atomic E-state index is 14.3. The van der Waals surface area contributed by atoms with Crippen LogP contribution in [-0.4, -0.2) is 25.3 Å². The van der Waals surface area contributed by atoms with E-state index in [1.165, 1.54) is 20.3 Å². The second kappa shape index (κ2) is 7.06. The molecule has 106 valence electrons. The summed E-state index contributed by atoms with van der Waals surface area (Å²) in [6, 6.07) is 2.45. The van der Waals surface area contributed by atoms with Crippen molar-refractivity contribution < 1.29 is 23.8 Å². The van der Waals surface area contributed by atoms with E-state index in [1.54, 1.807) is 6.07 Å². The van der Waals surface area contributed by atoms with Crippen LogP contribution in [0.2, 0.25) is 0 Å². The quantitative estimate of drug-likeness (QED) is 0.790. The summed E-state index contributed by atoms with van der Waals surface area (Å²) in [4.78, 5) is 10.5. The van der Waals surface area contributed by atoms with Gasteiger partial charge in [0.2, 0.25) is 0 Å². The van der Waals surface area contributed by atoms with Gasteiger partial charge in [-0.25, -0.2) is 4.39 Å². The molecule has 0 radical (unpaired) electrons. The number of methoxy groups -OCH3 is 2. The minimum absolute atomic E-state index is 0.0640. The zero-order valence-corrected chi connectivity index (χ0v) is 11.0. The van der Waals surface area contributed by atoms with E-state index in [0.717, 1.165) is 0 Å². The van der Waals surface area contributed by atoms with Gasteiger partial charge in [0.25, 0.3) is 0 Å². The molecule has 1 aromatic carbocycles. The van der Waals surface area contributed by atoms with Gasteiger partial charge in [0.15, 0.2) is 0 Å². The van der Waals surface area contributed by atoms with E-state index >= 15 is 0 Å². The van der Waals surface area contributed by atoms with E-state index in [4.69, 9.17) is 20.3 Å². The zero-order chi connectivity index (χ0) is 14.4. The van der Waals surface area contributed by atoms with Crippen molar-refractivity contribution in [2.75, 3.05) is 14.2 Å². The Hall–Kier alpha value is -1.66. The first kappa shape index (κ1) is 15.4. The average molecular weight is 271 g/mol. The second-order valence-corrected chi connectivity index (χ2v) is 4.12. The van der Waals surface area contributed by atoms with Crippen molar-refractivity contribution in [2.24, 2.45) is 5.73 Å². The average Bonchev–Trinajstić information content (AvgIpc) is 2.38. The van der Waals surface area contributed by atoms with Crippen LogP contribution in [0.5, 0.6) is 5.75 Å². The molecule has 6 heteroatoms. The number of halogens is 1. The molecule has 0 aliphatic heterocycles. The van der Waals surface area contributed by atoms with E-state index in [9.17, 15) is 9.18 Å². The third kappa shape index (κ3) is 3.90. The van der Waals surface area contributed by atoms with Crippen LogP contribution in [0.4, 0.5) is 4.39 Å². The van der Waals surface area contributed by atoms with Crippen LogP contribution < -0.4 is 10.5 Å². The van der Waals surface area contributed by atoms with Crippen LogP contribution in [-0.2, 0) is 16.1 Å². The highest BCUT2D eigenvalue weighted by Gasteiger charge is 2.19. The molecule has 1 rings (SSSR count). The molecule has 0 aliphatic rings. The number of hydrogen-bond acceptors (Lipinski definition) is 4. The highest BCUT2D eigenvalue weighted by Crippen LogP contribution is 2.29. The van der Waals surface area contributed by atoms with Crippen molar-refractivity contribution in [3.8, 4) is 5.75 Å². The number of aliphatic carboxylic acids is 1. The highest BCUT2D eigenvalue weighted by molar-refractivity contribution is 5.66. The third-order valence-electron chi connectivity index (χ3n) is 2.81. The normalized spacial score (nSPS) is 12.2. The monoisotopic (exact) mass is 271 g/mol. The van der Waals surface area contributed by atoms with Crippen LogP contribution in [0.3, 0.4) is 0 Å².